The Morgan fingerprint density at radius 3 is 2.62 bits per heavy atom. The van der Waals surface area contributed by atoms with Crippen molar-refractivity contribution in [2.45, 2.75) is 31.7 Å². The van der Waals surface area contributed by atoms with Crippen molar-refractivity contribution in [1.29, 1.82) is 0 Å². The minimum absolute atomic E-state index is 0.161. The van der Waals surface area contributed by atoms with Crippen molar-refractivity contribution in [3.8, 4) is 0 Å². The fraction of sp³-hybridized carbons (Fsp3) is 0.600. The van der Waals surface area contributed by atoms with Crippen LogP contribution in [-0.2, 0) is 14.8 Å². The predicted octanol–water partition coefficient (Wildman–Crippen LogP) is 1.30. The molecular weight excluding hydrogens is 288 g/mol. The van der Waals surface area contributed by atoms with Gasteiger partial charge >= 0.3 is 0 Å². The van der Waals surface area contributed by atoms with Crippen LogP contribution in [0.1, 0.15) is 18.1 Å². The molecule has 118 valence electrons. The topological polar surface area (TPSA) is 58.6 Å². The summed E-state index contributed by atoms with van der Waals surface area (Å²) in [7, 11) is -3.46. The van der Waals surface area contributed by atoms with Gasteiger partial charge in [0.25, 0.3) is 0 Å². The molecule has 1 heterocycles. The van der Waals surface area contributed by atoms with Crippen LogP contribution >= 0.6 is 0 Å². The molecule has 1 aliphatic heterocycles. The van der Waals surface area contributed by atoms with Gasteiger partial charge in [0, 0.05) is 25.7 Å². The summed E-state index contributed by atoms with van der Waals surface area (Å²) in [6, 6.07) is 5.64. The highest BCUT2D eigenvalue weighted by atomic mass is 32.2. The number of nitrogens with zero attached hydrogens (tertiary/aromatic N) is 1. The Balaban J connectivity index is 2.02. The van der Waals surface area contributed by atoms with Gasteiger partial charge in [-0.3, -0.25) is 4.90 Å². The van der Waals surface area contributed by atoms with E-state index in [9.17, 15) is 8.42 Å². The van der Waals surface area contributed by atoms with Crippen molar-refractivity contribution >= 4 is 10.0 Å². The molecule has 1 N–H and O–H groups in total. The maximum atomic E-state index is 12.4. The van der Waals surface area contributed by atoms with E-state index >= 15 is 0 Å². The first-order valence-electron chi connectivity index (χ1n) is 7.29. The Morgan fingerprint density at radius 2 is 1.95 bits per heavy atom. The number of hydrogen-bond acceptors (Lipinski definition) is 4. The zero-order valence-electron chi connectivity index (χ0n) is 12.9. The van der Waals surface area contributed by atoms with Crippen LogP contribution in [0.25, 0.3) is 0 Å². The molecule has 0 spiro atoms. The van der Waals surface area contributed by atoms with Crippen LogP contribution in [0, 0.1) is 13.8 Å². The van der Waals surface area contributed by atoms with Crippen molar-refractivity contribution in [2.24, 2.45) is 0 Å². The first-order chi connectivity index (χ1) is 9.90. The molecule has 0 aromatic heterocycles. The summed E-state index contributed by atoms with van der Waals surface area (Å²) in [5.41, 5.74) is 1.72. The van der Waals surface area contributed by atoms with Crippen molar-refractivity contribution < 1.29 is 13.2 Å². The molecule has 0 bridgehead atoms. The maximum absolute atomic E-state index is 12.4. The third kappa shape index (κ3) is 4.26. The highest BCUT2D eigenvalue weighted by Crippen LogP contribution is 2.16. The summed E-state index contributed by atoms with van der Waals surface area (Å²) in [4.78, 5) is 2.62. The number of nitrogens with one attached hydrogen (secondary N) is 1. The zero-order chi connectivity index (χ0) is 15.5. The van der Waals surface area contributed by atoms with E-state index in [1.54, 1.807) is 6.07 Å². The first kappa shape index (κ1) is 16.4. The number of ether oxygens (including phenoxy) is 1. The molecule has 1 fully saturated rings. The normalized spacial score (nSPS) is 18.6. The Morgan fingerprint density at radius 1 is 1.29 bits per heavy atom. The first-order valence-corrected chi connectivity index (χ1v) is 8.77. The van der Waals surface area contributed by atoms with Gasteiger partial charge in [-0.1, -0.05) is 12.1 Å². The van der Waals surface area contributed by atoms with Crippen molar-refractivity contribution in [1.82, 2.24) is 9.62 Å². The Bertz CT molecular complexity index is 581. The zero-order valence-corrected chi connectivity index (χ0v) is 13.7. The van der Waals surface area contributed by atoms with Gasteiger partial charge in [-0.2, -0.15) is 0 Å². The minimum Gasteiger partial charge on any atom is -0.379 e. The summed E-state index contributed by atoms with van der Waals surface area (Å²) in [5, 5.41) is 0. The van der Waals surface area contributed by atoms with Gasteiger partial charge in [-0.25, -0.2) is 13.1 Å². The van der Waals surface area contributed by atoms with Crippen LogP contribution in [0.3, 0.4) is 0 Å². The van der Waals surface area contributed by atoms with Gasteiger partial charge in [-0.05, 0) is 38.0 Å². The SMILES string of the molecule is Cc1ccc(C)c(S(=O)(=O)NCC(C)N2CCOCC2)c1. The summed E-state index contributed by atoms with van der Waals surface area (Å²) < 4.78 is 32.9. The van der Waals surface area contributed by atoms with E-state index in [-0.39, 0.29) is 6.04 Å². The fourth-order valence-electron chi connectivity index (χ4n) is 2.45. The van der Waals surface area contributed by atoms with Crippen LogP contribution in [-0.4, -0.2) is 52.2 Å². The number of rotatable bonds is 5. The highest BCUT2D eigenvalue weighted by Gasteiger charge is 2.21. The number of morpholine rings is 1. The molecule has 1 aromatic carbocycles. The molecule has 1 unspecified atom stereocenters. The lowest BCUT2D eigenvalue weighted by Crippen LogP contribution is -2.47. The molecule has 0 aliphatic carbocycles. The number of benzene rings is 1. The summed E-state index contributed by atoms with van der Waals surface area (Å²) in [6.45, 7) is 9.31. The van der Waals surface area contributed by atoms with E-state index in [1.165, 1.54) is 0 Å². The Labute approximate surface area is 127 Å². The van der Waals surface area contributed by atoms with E-state index in [0.717, 1.165) is 24.2 Å². The summed E-state index contributed by atoms with van der Waals surface area (Å²) >= 11 is 0. The quantitative estimate of drug-likeness (QED) is 0.890. The molecule has 0 amide bonds. The van der Waals surface area contributed by atoms with Crippen molar-refractivity contribution in [3.05, 3.63) is 29.3 Å². The molecule has 1 aliphatic rings. The van der Waals surface area contributed by atoms with Gasteiger partial charge in [-0.15, -0.1) is 0 Å². The van der Waals surface area contributed by atoms with Gasteiger partial charge in [0.15, 0.2) is 0 Å². The van der Waals surface area contributed by atoms with Crippen LogP contribution < -0.4 is 4.72 Å². The van der Waals surface area contributed by atoms with E-state index in [1.807, 2.05) is 32.9 Å². The van der Waals surface area contributed by atoms with Gasteiger partial charge in [0.05, 0.1) is 18.1 Å². The molecule has 0 radical (unpaired) electrons. The molecule has 1 saturated heterocycles. The molecule has 1 aromatic rings. The monoisotopic (exact) mass is 312 g/mol. The van der Waals surface area contributed by atoms with Gasteiger partial charge in [0.1, 0.15) is 0 Å². The summed E-state index contributed by atoms with van der Waals surface area (Å²) in [6.07, 6.45) is 0. The molecule has 1 atom stereocenters. The molecular formula is C15H24N2O3S. The van der Waals surface area contributed by atoms with Crippen LogP contribution in [0.15, 0.2) is 23.1 Å². The number of hydrogen-bond donors (Lipinski definition) is 1. The lowest BCUT2D eigenvalue weighted by atomic mass is 10.2. The number of sulfonamides is 1. The Kier molecular flexibility index (Phi) is 5.37. The molecule has 21 heavy (non-hydrogen) atoms. The smallest absolute Gasteiger partial charge is 0.240 e. The molecule has 6 heteroatoms. The van der Waals surface area contributed by atoms with Crippen molar-refractivity contribution in [2.75, 3.05) is 32.8 Å². The standard InChI is InChI=1S/C15H24N2O3S/c1-12-4-5-13(2)15(10-12)21(18,19)16-11-14(3)17-6-8-20-9-7-17/h4-5,10,14,16H,6-9,11H2,1-3H3. The average molecular weight is 312 g/mol. The van der Waals surface area contributed by atoms with E-state index < -0.39 is 10.0 Å². The minimum atomic E-state index is -3.46. The Hall–Kier alpha value is -0.950. The lowest BCUT2D eigenvalue weighted by Gasteiger charge is -2.32. The molecule has 5 nitrogen and oxygen atoms in total. The second kappa shape index (κ2) is 6.87. The second-order valence-corrected chi connectivity index (χ2v) is 7.35. The summed E-state index contributed by atoms with van der Waals surface area (Å²) in [5.74, 6) is 0. The third-order valence-electron chi connectivity index (χ3n) is 3.87. The second-order valence-electron chi connectivity index (χ2n) is 5.62. The molecule has 2 rings (SSSR count). The molecule has 0 saturated carbocycles. The average Bonchev–Trinajstić information content (AvgIpc) is 2.48. The maximum Gasteiger partial charge on any atom is 0.240 e. The van der Waals surface area contributed by atoms with Crippen molar-refractivity contribution in [3.63, 3.8) is 0 Å². The number of aryl methyl sites for hydroxylation is 2. The lowest BCUT2D eigenvalue weighted by molar-refractivity contribution is 0.0213. The highest BCUT2D eigenvalue weighted by molar-refractivity contribution is 7.89. The van der Waals surface area contributed by atoms with E-state index in [4.69, 9.17) is 4.74 Å². The van der Waals surface area contributed by atoms with Crippen LogP contribution in [0.5, 0.6) is 0 Å². The van der Waals surface area contributed by atoms with Crippen LogP contribution in [0.2, 0.25) is 0 Å². The third-order valence-corrected chi connectivity index (χ3v) is 5.44. The fourth-order valence-corrected chi connectivity index (χ4v) is 3.90. The largest absolute Gasteiger partial charge is 0.379 e. The van der Waals surface area contributed by atoms with E-state index in [2.05, 4.69) is 9.62 Å². The predicted molar refractivity (Wildman–Crippen MR) is 83.0 cm³/mol. The van der Waals surface area contributed by atoms with E-state index in [0.29, 0.717) is 24.7 Å². The van der Waals surface area contributed by atoms with Crippen LogP contribution in [0.4, 0.5) is 0 Å². The van der Waals surface area contributed by atoms with Gasteiger partial charge < -0.3 is 4.74 Å². The van der Waals surface area contributed by atoms with Gasteiger partial charge in [0.2, 0.25) is 10.0 Å².